The van der Waals surface area contributed by atoms with Crippen LogP contribution in [0.3, 0.4) is 0 Å². The van der Waals surface area contributed by atoms with Crippen molar-refractivity contribution in [1.29, 1.82) is 0 Å². The highest BCUT2D eigenvalue weighted by Crippen LogP contribution is 2.27. The van der Waals surface area contributed by atoms with Crippen LogP contribution in [-0.4, -0.2) is 15.7 Å². The first-order valence-corrected chi connectivity index (χ1v) is 8.50. The second kappa shape index (κ2) is 6.57. The van der Waals surface area contributed by atoms with E-state index in [1.807, 2.05) is 18.5 Å². The van der Waals surface area contributed by atoms with Crippen LogP contribution in [0.5, 0.6) is 0 Å². The maximum atomic E-state index is 12.5. The van der Waals surface area contributed by atoms with Crippen molar-refractivity contribution in [3.8, 4) is 5.69 Å². The van der Waals surface area contributed by atoms with Crippen LogP contribution in [0.1, 0.15) is 49.1 Å². The van der Waals surface area contributed by atoms with Gasteiger partial charge in [-0.1, -0.05) is 37.0 Å². The van der Waals surface area contributed by atoms with E-state index in [-0.39, 0.29) is 11.8 Å². The molecule has 1 saturated carbocycles. The Hall–Kier alpha value is -2.10. The van der Waals surface area contributed by atoms with Crippen LogP contribution in [0.15, 0.2) is 24.3 Å². The van der Waals surface area contributed by atoms with Crippen LogP contribution in [0.2, 0.25) is 0 Å². The second-order valence-electron chi connectivity index (χ2n) is 6.62. The molecule has 1 aliphatic carbocycles. The number of anilines is 1. The SMILES string of the molecule is Cc1ccc(-n2nc(C)c(NC(=O)C3CCCCC3)c2C)cc1. The van der Waals surface area contributed by atoms with Crippen molar-refractivity contribution in [2.75, 3.05) is 5.32 Å². The van der Waals surface area contributed by atoms with E-state index in [1.165, 1.54) is 24.8 Å². The van der Waals surface area contributed by atoms with Gasteiger partial charge in [-0.25, -0.2) is 4.68 Å². The molecular formula is C19H25N3O. The maximum Gasteiger partial charge on any atom is 0.227 e. The first-order chi connectivity index (χ1) is 11.1. The average Bonchev–Trinajstić information content (AvgIpc) is 2.84. The fourth-order valence-electron chi connectivity index (χ4n) is 3.35. The van der Waals surface area contributed by atoms with E-state index in [2.05, 4.69) is 41.6 Å². The van der Waals surface area contributed by atoms with Crippen LogP contribution in [0.25, 0.3) is 5.69 Å². The van der Waals surface area contributed by atoms with E-state index in [1.54, 1.807) is 0 Å². The number of hydrogen-bond donors (Lipinski definition) is 1. The molecule has 0 spiro atoms. The van der Waals surface area contributed by atoms with E-state index in [0.717, 1.165) is 35.6 Å². The van der Waals surface area contributed by atoms with Gasteiger partial charge in [0.15, 0.2) is 0 Å². The molecule has 4 heteroatoms. The lowest BCUT2D eigenvalue weighted by atomic mass is 9.88. The van der Waals surface area contributed by atoms with Crippen LogP contribution in [0.4, 0.5) is 5.69 Å². The molecule has 1 aliphatic rings. The summed E-state index contributed by atoms with van der Waals surface area (Å²) in [7, 11) is 0. The fraction of sp³-hybridized carbons (Fsp3) is 0.474. The Kier molecular flexibility index (Phi) is 4.51. The molecule has 1 aromatic carbocycles. The highest BCUT2D eigenvalue weighted by Gasteiger charge is 2.23. The topological polar surface area (TPSA) is 46.9 Å². The van der Waals surface area contributed by atoms with Crippen molar-refractivity contribution in [2.24, 2.45) is 5.92 Å². The predicted octanol–water partition coefficient (Wildman–Crippen LogP) is 4.32. The molecule has 1 amide bonds. The van der Waals surface area contributed by atoms with Gasteiger partial charge in [-0.05, 0) is 45.7 Å². The van der Waals surface area contributed by atoms with Gasteiger partial charge >= 0.3 is 0 Å². The van der Waals surface area contributed by atoms with Crippen molar-refractivity contribution >= 4 is 11.6 Å². The molecule has 0 aliphatic heterocycles. The second-order valence-corrected chi connectivity index (χ2v) is 6.62. The molecule has 1 N–H and O–H groups in total. The number of hydrogen-bond acceptors (Lipinski definition) is 2. The maximum absolute atomic E-state index is 12.5. The molecule has 0 unspecified atom stereocenters. The molecule has 0 atom stereocenters. The summed E-state index contributed by atoms with van der Waals surface area (Å²) in [6.45, 7) is 6.03. The molecule has 1 aromatic heterocycles. The lowest BCUT2D eigenvalue weighted by Gasteiger charge is -2.20. The van der Waals surface area contributed by atoms with Gasteiger partial charge in [0, 0.05) is 5.92 Å². The number of nitrogens with zero attached hydrogens (tertiary/aromatic N) is 2. The molecule has 4 nitrogen and oxygen atoms in total. The summed E-state index contributed by atoms with van der Waals surface area (Å²) in [5, 5.41) is 7.74. The Bertz CT molecular complexity index is 694. The van der Waals surface area contributed by atoms with Crippen LogP contribution in [0, 0.1) is 26.7 Å². The van der Waals surface area contributed by atoms with E-state index >= 15 is 0 Å². The molecule has 1 heterocycles. The number of nitrogens with one attached hydrogen (secondary N) is 1. The quantitative estimate of drug-likeness (QED) is 0.917. The first-order valence-electron chi connectivity index (χ1n) is 8.50. The van der Waals surface area contributed by atoms with Gasteiger partial charge in [0.1, 0.15) is 0 Å². The van der Waals surface area contributed by atoms with Gasteiger partial charge in [-0.15, -0.1) is 0 Å². The molecule has 122 valence electrons. The molecule has 0 bridgehead atoms. The third-order valence-corrected chi connectivity index (χ3v) is 4.79. The molecular weight excluding hydrogens is 286 g/mol. The molecule has 23 heavy (non-hydrogen) atoms. The van der Waals surface area contributed by atoms with Gasteiger partial charge in [0.05, 0.1) is 22.8 Å². The largest absolute Gasteiger partial charge is 0.323 e. The summed E-state index contributed by atoms with van der Waals surface area (Å²) in [4.78, 5) is 12.5. The molecule has 0 radical (unpaired) electrons. The molecule has 2 aromatic rings. The Labute approximate surface area is 137 Å². The van der Waals surface area contributed by atoms with Gasteiger partial charge < -0.3 is 5.32 Å². The number of aryl methyl sites for hydroxylation is 2. The molecule has 1 fully saturated rings. The van der Waals surface area contributed by atoms with E-state index in [9.17, 15) is 4.79 Å². The van der Waals surface area contributed by atoms with Gasteiger partial charge in [0.25, 0.3) is 0 Å². The number of carbonyl (C=O) groups is 1. The minimum absolute atomic E-state index is 0.152. The summed E-state index contributed by atoms with van der Waals surface area (Å²) >= 11 is 0. The van der Waals surface area contributed by atoms with Gasteiger partial charge in [-0.3, -0.25) is 4.79 Å². The van der Waals surface area contributed by atoms with E-state index in [4.69, 9.17) is 0 Å². The summed E-state index contributed by atoms with van der Waals surface area (Å²) < 4.78 is 1.91. The average molecular weight is 311 g/mol. The molecule has 0 saturated heterocycles. The summed E-state index contributed by atoms with van der Waals surface area (Å²) in [5.74, 6) is 0.310. The molecule has 3 rings (SSSR count). The van der Waals surface area contributed by atoms with Crippen molar-refractivity contribution < 1.29 is 4.79 Å². The number of rotatable bonds is 3. The summed E-state index contributed by atoms with van der Waals surface area (Å²) in [6, 6.07) is 8.27. The Morgan fingerprint density at radius 1 is 1.09 bits per heavy atom. The Morgan fingerprint density at radius 3 is 2.39 bits per heavy atom. The van der Waals surface area contributed by atoms with Crippen molar-refractivity contribution in [3.05, 3.63) is 41.2 Å². The minimum atomic E-state index is 0.152. The third-order valence-electron chi connectivity index (χ3n) is 4.79. The lowest BCUT2D eigenvalue weighted by Crippen LogP contribution is -2.25. The fourth-order valence-corrected chi connectivity index (χ4v) is 3.35. The smallest absolute Gasteiger partial charge is 0.227 e. The van der Waals surface area contributed by atoms with Gasteiger partial charge in [-0.2, -0.15) is 5.10 Å². The zero-order valence-corrected chi connectivity index (χ0v) is 14.2. The summed E-state index contributed by atoms with van der Waals surface area (Å²) in [6.07, 6.45) is 5.61. The van der Waals surface area contributed by atoms with Crippen LogP contribution < -0.4 is 5.32 Å². The van der Waals surface area contributed by atoms with Crippen LogP contribution in [-0.2, 0) is 4.79 Å². The van der Waals surface area contributed by atoms with Crippen molar-refractivity contribution in [3.63, 3.8) is 0 Å². The van der Waals surface area contributed by atoms with E-state index in [0.29, 0.717) is 0 Å². The number of carbonyl (C=O) groups excluding carboxylic acids is 1. The Morgan fingerprint density at radius 2 is 1.74 bits per heavy atom. The Balaban J connectivity index is 1.83. The minimum Gasteiger partial charge on any atom is -0.323 e. The zero-order chi connectivity index (χ0) is 16.4. The highest BCUT2D eigenvalue weighted by atomic mass is 16.1. The van der Waals surface area contributed by atoms with Crippen LogP contribution >= 0.6 is 0 Å². The number of amides is 1. The summed E-state index contributed by atoms with van der Waals surface area (Å²) in [5.41, 5.74) is 4.96. The van der Waals surface area contributed by atoms with Gasteiger partial charge in [0.2, 0.25) is 5.91 Å². The predicted molar refractivity (Wildman–Crippen MR) is 93.0 cm³/mol. The first kappa shape index (κ1) is 15.8. The number of benzene rings is 1. The third kappa shape index (κ3) is 3.31. The lowest BCUT2D eigenvalue weighted by molar-refractivity contribution is -0.120. The standard InChI is InChI=1S/C19H25N3O/c1-13-9-11-17(12-10-13)22-15(3)18(14(2)21-22)20-19(23)16-7-5-4-6-8-16/h9-12,16H,4-8H2,1-3H3,(H,20,23). The highest BCUT2D eigenvalue weighted by molar-refractivity contribution is 5.93. The van der Waals surface area contributed by atoms with E-state index < -0.39 is 0 Å². The zero-order valence-electron chi connectivity index (χ0n) is 14.2. The normalized spacial score (nSPS) is 15.6. The number of aromatic nitrogens is 2. The monoisotopic (exact) mass is 311 g/mol. The van der Waals surface area contributed by atoms with Crippen molar-refractivity contribution in [2.45, 2.75) is 52.9 Å². The van der Waals surface area contributed by atoms with Crippen molar-refractivity contribution in [1.82, 2.24) is 9.78 Å².